The molecule has 13 heteroatoms. The number of para-hydroxylation sites is 1. The number of carbonyl (C=O) groups excluding carboxylic acids is 1. The number of halogens is 4. The number of urea groups is 1. The average Bonchev–Trinajstić information content (AvgIpc) is 3.74. The fourth-order valence-corrected chi connectivity index (χ4v) is 5.19. The normalized spacial score (nSPS) is 18.2. The van der Waals surface area contributed by atoms with Crippen LogP contribution in [0.5, 0.6) is 0 Å². The van der Waals surface area contributed by atoms with Gasteiger partial charge in [-0.2, -0.15) is 13.2 Å². The highest BCUT2D eigenvalue weighted by Gasteiger charge is 2.56. The van der Waals surface area contributed by atoms with Crippen molar-refractivity contribution in [2.45, 2.75) is 50.0 Å². The van der Waals surface area contributed by atoms with Crippen LogP contribution in [0, 0.1) is 5.92 Å². The summed E-state index contributed by atoms with van der Waals surface area (Å²) < 4.78 is 59.9. The third-order valence-corrected chi connectivity index (χ3v) is 7.58. The van der Waals surface area contributed by atoms with Gasteiger partial charge in [-0.1, -0.05) is 53.7 Å². The Bertz CT molecular complexity index is 1490. The summed E-state index contributed by atoms with van der Waals surface area (Å²) in [5.41, 5.74) is 6.04. The molecule has 0 spiro atoms. The number of nitrogens with zero attached hydrogens (tertiary/aromatic N) is 4. The van der Waals surface area contributed by atoms with Gasteiger partial charge in [0.05, 0.1) is 22.6 Å². The molecular weight excluding hydrogens is 568 g/mol. The lowest BCUT2D eigenvalue weighted by atomic mass is 9.82. The second-order valence-electron chi connectivity index (χ2n) is 10.6. The maximum atomic E-state index is 15.6. The van der Waals surface area contributed by atoms with Gasteiger partial charge >= 0.3 is 18.3 Å². The van der Waals surface area contributed by atoms with Gasteiger partial charge < -0.3 is 16.2 Å². The molecule has 1 fully saturated rings. The van der Waals surface area contributed by atoms with Crippen LogP contribution < -0.4 is 21.2 Å². The Balaban J connectivity index is 1.67. The third-order valence-electron chi connectivity index (χ3n) is 7.58. The second-order valence-corrected chi connectivity index (χ2v) is 10.6. The lowest BCUT2D eigenvalue weighted by Crippen LogP contribution is -2.57. The number of alkyl halides is 3. The van der Waals surface area contributed by atoms with Crippen LogP contribution in [0.2, 0.25) is 0 Å². The third kappa shape index (κ3) is 6.41. The van der Waals surface area contributed by atoms with Crippen molar-refractivity contribution in [1.29, 1.82) is 0 Å². The number of pyridine rings is 1. The van der Waals surface area contributed by atoms with Gasteiger partial charge in [-0.15, -0.1) is 5.12 Å². The van der Waals surface area contributed by atoms with Crippen molar-refractivity contribution in [3.8, 4) is 0 Å². The van der Waals surface area contributed by atoms with Crippen LogP contribution in [0.25, 0.3) is 0 Å². The maximum absolute atomic E-state index is 15.6. The lowest BCUT2D eigenvalue weighted by Gasteiger charge is -2.42. The molecule has 1 aliphatic heterocycles. The van der Waals surface area contributed by atoms with E-state index in [1.807, 2.05) is 0 Å². The molecule has 0 saturated heterocycles. The Kier molecular flexibility index (Phi) is 8.27. The number of amides is 3. The van der Waals surface area contributed by atoms with Crippen molar-refractivity contribution in [3.63, 3.8) is 0 Å². The van der Waals surface area contributed by atoms with E-state index >= 15 is 4.48 Å². The molecule has 2 heterocycles. The largest absolute Gasteiger partial charge is 0.465 e. The van der Waals surface area contributed by atoms with Gasteiger partial charge in [-0.05, 0) is 66.3 Å². The highest BCUT2D eigenvalue weighted by Crippen LogP contribution is 2.47. The highest BCUT2D eigenvalue weighted by atomic mass is 19.4. The number of carbonyl (C=O) groups is 2. The number of benzene rings is 2. The number of hydrogen-bond acceptors (Lipinski definition) is 5. The maximum Gasteiger partial charge on any atom is 0.414 e. The molecule has 1 aliphatic carbocycles. The first-order valence-electron chi connectivity index (χ1n) is 13.7. The minimum Gasteiger partial charge on any atom is -0.465 e. The van der Waals surface area contributed by atoms with Crippen LogP contribution in [-0.4, -0.2) is 39.4 Å². The Morgan fingerprint density at radius 3 is 2.44 bits per heavy atom. The standard InChI is InChI=1S/C30H30F4N6O3/c31-30(32,33)26-17-25(29(35,14-13-20-11-12-20)22-7-5-15-36-19-22)39(24-10-4-6-21(16-24)18-37-27(41)42)40(26)28(43)38(34)23-8-2-1-3-9-23/h1-10,15-17,19-20,26,37H,11-14,18,35H2,(H,41,42). The first kappa shape index (κ1) is 29.8. The summed E-state index contributed by atoms with van der Waals surface area (Å²) in [7, 11) is 0. The van der Waals surface area contributed by atoms with Crippen molar-refractivity contribution in [2.24, 2.45) is 11.7 Å². The molecule has 9 nitrogen and oxygen atoms in total. The van der Waals surface area contributed by atoms with E-state index in [-0.39, 0.29) is 35.2 Å². The molecule has 2 aromatic carbocycles. The highest BCUT2D eigenvalue weighted by molar-refractivity contribution is 5.92. The van der Waals surface area contributed by atoms with Crippen molar-refractivity contribution >= 4 is 23.5 Å². The molecule has 2 unspecified atom stereocenters. The van der Waals surface area contributed by atoms with Crippen LogP contribution in [0.1, 0.15) is 36.8 Å². The van der Waals surface area contributed by atoms with E-state index in [1.165, 1.54) is 54.9 Å². The van der Waals surface area contributed by atoms with Gasteiger partial charge in [0.15, 0.2) is 6.04 Å². The number of nitrogens with two attached hydrogens (primary N) is 1. The van der Waals surface area contributed by atoms with Gasteiger partial charge in [0.2, 0.25) is 0 Å². The van der Waals surface area contributed by atoms with Crippen LogP contribution >= 0.6 is 0 Å². The number of hydrogen-bond donors (Lipinski definition) is 3. The molecule has 0 bridgehead atoms. The molecule has 4 N–H and O–H groups in total. The number of carboxylic acid groups (broad SMARTS) is 1. The second kappa shape index (κ2) is 11.9. The monoisotopic (exact) mass is 598 g/mol. The topological polar surface area (TPSA) is 115 Å². The summed E-state index contributed by atoms with van der Waals surface area (Å²) in [5.74, 6) is 0.371. The summed E-state index contributed by atoms with van der Waals surface area (Å²) in [4.78, 5) is 29.0. The zero-order chi connectivity index (χ0) is 30.8. The van der Waals surface area contributed by atoms with Gasteiger partial charge in [0.1, 0.15) is 0 Å². The molecule has 2 aliphatic rings. The zero-order valence-electron chi connectivity index (χ0n) is 22.9. The van der Waals surface area contributed by atoms with E-state index in [2.05, 4.69) is 10.3 Å². The Morgan fingerprint density at radius 2 is 1.81 bits per heavy atom. The predicted octanol–water partition coefficient (Wildman–Crippen LogP) is 6.26. The molecule has 2 atom stereocenters. The van der Waals surface area contributed by atoms with Gasteiger partial charge in [-0.3, -0.25) is 9.99 Å². The fraction of sp³-hybridized carbons (Fsp3) is 0.300. The quantitative estimate of drug-likeness (QED) is 0.198. The first-order chi connectivity index (χ1) is 20.5. The fourth-order valence-electron chi connectivity index (χ4n) is 5.19. The molecule has 3 amide bonds. The van der Waals surface area contributed by atoms with Crippen LogP contribution in [0.15, 0.2) is 90.9 Å². The van der Waals surface area contributed by atoms with E-state index in [4.69, 9.17) is 10.8 Å². The molecule has 1 saturated carbocycles. The number of hydrazine groups is 1. The van der Waals surface area contributed by atoms with Crippen molar-refractivity contribution in [2.75, 3.05) is 10.1 Å². The minimum absolute atomic E-state index is 0.0580. The summed E-state index contributed by atoms with van der Waals surface area (Å²) in [5, 5.41) is 12.2. The smallest absolute Gasteiger partial charge is 0.414 e. The molecule has 5 rings (SSSR count). The lowest BCUT2D eigenvalue weighted by molar-refractivity contribution is -0.160. The van der Waals surface area contributed by atoms with E-state index in [0.717, 1.165) is 23.9 Å². The summed E-state index contributed by atoms with van der Waals surface area (Å²) in [6.07, 6.45) is 0.342. The molecule has 1 aromatic heterocycles. The molecule has 3 aromatic rings. The Labute approximate surface area is 245 Å². The first-order valence-corrected chi connectivity index (χ1v) is 13.7. The molecule has 43 heavy (non-hydrogen) atoms. The summed E-state index contributed by atoms with van der Waals surface area (Å²) in [6, 6.07) is 12.1. The van der Waals surface area contributed by atoms with E-state index in [0.29, 0.717) is 28.5 Å². The number of aromatic nitrogens is 1. The van der Waals surface area contributed by atoms with Crippen LogP contribution in [-0.2, 0) is 12.1 Å². The average molecular weight is 599 g/mol. The summed E-state index contributed by atoms with van der Waals surface area (Å²) >= 11 is 0. The Morgan fingerprint density at radius 1 is 1.07 bits per heavy atom. The van der Waals surface area contributed by atoms with Crippen molar-refractivity contribution in [3.05, 3.63) is 102 Å². The minimum atomic E-state index is -5.01. The van der Waals surface area contributed by atoms with Crippen LogP contribution in [0.4, 0.5) is 38.6 Å². The zero-order valence-corrected chi connectivity index (χ0v) is 22.9. The number of anilines is 2. The van der Waals surface area contributed by atoms with Gasteiger partial charge in [-0.25, -0.2) is 14.6 Å². The van der Waals surface area contributed by atoms with Gasteiger partial charge in [0.25, 0.3) is 0 Å². The van der Waals surface area contributed by atoms with E-state index in [9.17, 15) is 22.8 Å². The SMILES string of the molecule is NC(CCC1CC1)(C1=CC(C(F)(F)F)N(C(=O)N(F)c2ccccc2)N1c1cccc(CNC(=O)O)c1)c1cccnc1. The molecule has 226 valence electrons. The van der Waals surface area contributed by atoms with Crippen molar-refractivity contribution < 1.29 is 32.3 Å². The number of rotatable bonds is 9. The predicted molar refractivity (Wildman–Crippen MR) is 151 cm³/mol. The summed E-state index contributed by atoms with van der Waals surface area (Å²) in [6.45, 7) is -0.163. The van der Waals surface area contributed by atoms with E-state index < -0.39 is 29.9 Å². The van der Waals surface area contributed by atoms with Crippen LogP contribution in [0.3, 0.4) is 0 Å². The Hall–Kier alpha value is -4.65. The van der Waals surface area contributed by atoms with Crippen molar-refractivity contribution in [1.82, 2.24) is 15.3 Å². The molecular formula is C30H30F4N6O3. The van der Waals surface area contributed by atoms with E-state index in [1.54, 1.807) is 24.3 Å². The molecule has 0 radical (unpaired) electrons. The van der Waals surface area contributed by atoms with Gasteiger partial charge in [0, 0.05) is 18.9 Å². The number of nitrogens with one attached hydrogen (secondary N) is 1.